The molecule has 0 bridgehead atoms. The number of likely N-dealkylation sites (N-methyl/N-ethyl adjacent to an activating group) is 1. The molecule has 1 aliphatic heterocycles. The summed E-state index contributed by atoms with van der Waals surface area (Å²) in [5, 5.41) is 3.65. The number of piperazine rings is 1. The number of hydrogen-bond donors (Lipinski definition) is 1. The maximum absolute atomic E-state index is 12.8. The minimum atomic E-state index is 0.0113. The zero-order chi connectivity index (χ0) is 21.1. The molecule has 3 fully saturated rings. The van der Waals surface area contributed by atoms with E-state index in [9.17, 15) is 14.4 Å². The Morgan fingerprint density at radius 3 is 2.40 bits per heavy atom. The molecule has 2 heterocycles. The van der Waals surface area contributed by atoms with Gasteiger partial charge in [0.05, 0.1) is 16.4 Å². The maximum atomic E-state index is 12.8. The van der Waals surface area contributed by atoms with Crippen LogP contribution in [0.15, 0.2) is 12.1 Å². The van der Waals surface area contributed by atoms with E-state index in [1.54, 1.807) is 6.07 Å². The van der Waals surface area contributed by atoms with Gasteiger partial charge in [-0.05, 0) is 37.8 Å². The van der Waals surface area contributed by atoms with Crippen molar-refractivity contribution in [2.24, 2.45) is 5.92 Å². The van der Waals surface area contributed by atoms with Gasteiger partial charge in [-0.1, -0.05) is 19.3 Å². The van der Waals surface area contributed by atoms with Crippen molar-refractivity contribution in [3.8, 4) is 0 Å². The summed E-state index contributed by atoms with van der Waals surface area (Å²) in [7, 11) is 1.94. The summed E-state index contributed by atoms with van der Waals surface area (Å²) >= 11 is 1.34. The molecular weight excluding hydrogens is 400 g/mol. The van der Waals surface area contributed by atoms with Gasteiger partial charge in [-0.25, -0.2) is 0 Å². The van der Waals surface area contributed by atoms with Crippen molar-refractivity contribution < 1.29 is 14.4 Å². The van der Waals surface area contributed by atoms with Crippen LogP contribution in [0.1, 0.15) is 54.6 Å². The van der Waals surface area contributed by atoms with Crippen LogP contribution >= 0.6 is 11.3 Å². The van der Waals surface area contributed by atoms with E-state index in [0.29, 0.717) is 43.6 Å². The average molecular weight is 433 g/mol. The smallest absolute Gasteiger partial charge is 0.264 e. The molecule has 0 atom stereocenters. The van der Waals surface area contributed by atoms with Crippen molar-refractivity contribution in [2.45, 2.75) is 51.0 Å². The Bertz CT molecular complexity index is 777. The molecule has 1 saturated heterocycles. The Balaban J connectivity index is 1.23. The fraction of sp³-hybridized carbons (Fsp3) is 0.682. The van der Waals surface area contributed by atoms with E-state index in [1.165, 1.54) is 30.6 Å². The zero-order valence-corrected chi connectivity index (χ0v) is 18.6. The molecule has 164 valence electrons. The molecule has 0 unspecified atom stereocenters. The van der Waals surface area contributed by atoms with Crippen LogP contribution in [0.2, 0.25) is 0 Å². The van der Waals surface area contributed by atoms with Crippen molar-refractivity contribution in [3.63, 3.8) is 0 Å². The first-order valence-corrected chi connectivity index (χ1v) is 12.0. The lowest BCUT2D eigenvalue weighted by Crippen LogP contribution is -2.52. The number of carbonyl (C=O) groups is 3. The van der Waals surface area contributed by atoms with Crippen molar-refractivity contribution in [3.05, 3.63) is 17.0 Å². The highest BCUT2D eigenvalue weighted by molar-refractivity contribution is 7.18. The second-order valence-corrected chi connectivity index (χ2v) is 9.88. The SMILES string of the molecule is CN(C(=O)CN1CCN(C(=O)c2ccc(NC(=O)C3CC3)s2)CC1)C1CCCCC1. The molecule has 0 spiro atoms. The first-order valence-electron chi connectivity index (χ1n) is 11.2. The highest BCUT2D eigenvalue weighted by atomic mass is 32.1. The van der Waals surface area contributed by atoms with Gasteiger partial charge in [0.25, 0.3) is 5.91 Å². The summed E-state index contributed by atoms with van der Waals surface area (Å²) in [5.41, 5.74) is 0. The van der Waals surface area contributed by atoms with E-state index in [4.69, 9.17) is 0 Å². The minimum Gasteiger partial charge on any atom is -0.342 e. The monoisotopic (exact) mass is 432 g/mol. The molecule has 1 aromatic rings. The Kier molecular flexibility index (Phi) is 6.73. The van der Waals surface area contributed by atoms with Crippen LogP contribution in [0.3, 0.4) is 0 Å². The molecule has 8 heteroatoms. The predicted molar refractivity (Wildman–Crippen MR) is 118 cm³/mol. The number of hydrogen-bond acceptors (Lipinski definition) is 5. The standard InChI is InChI=1S/C22H32N4O3S/c1-24(17-5-3-2-4-6-17)20(27)15-25-11-13-26(14-12-25)22(29)18-9-10-19(30-18)23-21(28)16-7-8-16/h9-10,16-17H,2-8,11-15H2,1H3,(H,23,28). The van der Waals surface area contributed by atoms with E-state index in [-0.39, 0.29) is 23.6 Å². The lowest BCUT2D eigenvalue weighted by Gasteiger charge is -2.36. The van der Waals surface area contributed by atoms with Gasteiger partial charge in [0.1, 0.15) is 0 Å². The van der Waals surface area contributed by atoms with Gasteiger partial charge in [-0.15, -0.1) is 11.3 Å². The van der Waals surface area contributed by atoms with E-state index < -0.39 is 0 Å². The molecule has 0 radical (unpaired) electrons. The van der Waals surface area contributed by atoms with Gasteiger partial charge in [-0.2, -0.15) is 0 Å². The average Bonchev–Trinajstić information content (AvgIpc) is 3.53. The molecular formula is C22H32N4O3S. The quantitative estimate of drug-likeness (QED) is 0.750. The van der Waals surface area contributed by atoms with Gasteiger partial charge >= 0.3 is 0 Å². The summed E-state index contributed by atoms with van der Waals surface area (Å²) in [6.07, 6.45) is 7.89. The lowest BCUT2D eigenvalue weighted by molar-refractivity contribution is -0.134. The Labute approximate surface area is 182 Å². The molecule has 30 heavy (non-hydrogen) atoms. The van der Waals surface area contributed by atoms with Crippen LogP contribution in [0.4, 0.5) is 5.00 Å². The van der Waals surface area contributed by atoms with Crippen LogP contribution in [0, 0.1) is 5.92 Å². The molecule has 4 rings (SSSR count). The van der Waals surface area contributed by atoms with Crippen molar-refractivity contribution >= 4 is 34.1 Å². The van der Waals surface area contributed by atoms with E-state index >= 15 is 0 Å². The van der Waals surface area contributed by atoms with Gasteiger partial charge < -0.3 is 15.1 Å². The largest absolute Gasteiger partial charge is 0.342 e. The molecule has 7 nitrogen and oxygen atoms in total. The third-order valence-corrected chi connectivity index (χ3v) is 7.53. The van der Waals surface area contributed by atoms with Gasteiger partial charge in [0.15, 0.2) is 0 Å². The molecule has 0 aromatic carbocycles. The molecule has 1 aromatic heterocycles. The van der Waals surface area contributed by atoms with E-state index in [2.05, 4.69) is 10.2 Å². The Hall–Kier alpha value is -1.93. The van der Waals surface area contributed by atoms with Crippen molar-refractivity contribution in [2.75, 3.05) is 45.1 Å². The summed E-state index contributed by atoms with van der Waals surface area (Å²) in [6.45, 7) is 3.12. The van der Waals surface area contributed by atoms with Gasteiger partial charge in [0, 0.05) is 45.2 Å². The van der Waals surface area contributed by atoms with E-state index in [0.717, 1.165) is 30.7 Å². The van der Waals surface area contributed by atoms with E-state index in [1.807, 2.05) is 22.9 Å². The summed E-state index contributed by atoms with van der Waals surface area (Å²) in [6, 6.07) is 4.00. The van der Waals surface area contributed by atoms with Crippen molar-refractivity contribution in [1.29, 1.82) is 0 Å². The Morgan fingerprint density at radius 1 is 1.03 bits per heavy atom. The first-order chi connectivity index (χ1) is 14.5. The molecule has 1 N–H and O–H groups in total. The summed E-state index contributed by atoms with van der Waals surface area (Å²) < 4.78 is 0. The fourth-order valence-corrected chi connectivity index (χ4v) is 5.21. The topological polar surface area (TPSA) is 73.0 Å². The number of carbonyl (C=O) groups excluding carboxylic acids is 3. The normalized spacial score (nSPS) is 20.8. The molecule has 2 aliphatic carbocycles. The number of anilines is 1. The van der Waals surface area contributed by atoms with Gasteiger partial charge in [0.2, 0.25) is 11.8 Å². The number of rotatable bonds is 6. The third-order valence-electron chi connectivity index (χ3n) is 6.55. The molecule has 3 amide bonds. The fourth-order valence-electron chi connectivity index (χ4n) is 4.33. The highest BCUT2D eigenvalue weighted by Gasteiger charge is 2.30. The Morgan fingerprint density at radius 2 is 1.73 bits per heavy atom. The summed E-state index contributed by atoms with van der Waals surface area (Å²) in [5.74, 6) is 0.416. The number of thiophene rings is 1. The second kappa shape index (κ2) is 9.47. The summed E-state index contributed by atoms with van der Waals surface area (Å²) in [4.78, 5) is 44.0. The maximum Gasteiger partial charge on any atom is 0.264 e. The van der Waals surface area contributed by atoms with Crippen LogP contribution in [0.5, 0.6) is 0 Å². The minimum absolute atomic E-state index is 0.0113. The first kappa shape index (κ1) is 21.3. The molecule has 3 aliphatic rings. The van der Waals surface area contributed by atoms with Crippen LogP contribution < -0.4 is 5.32 Å². The van der Waals surface area contributed by atoms with Crippen LogP contribution in [-0.4, -0.2) is 78.2 Å². The zero-order valence-electron chi connectivity index (χ0n) is 17.8. The number of nitrogens with one attached hydrogen (secondary N) is 1. The lowest BCUT2D eigenvalue weighted by atomic mass is 9.94. The number of nitrogens with zero attached hydrogens (tertiary/aromatic N) is 3. The third kappa shape index (κ3) is 5.21. The second-order valence-electron chi connectivity index (χ2n) is 8.79. The van der Waals surface area contributed by atoms with Crippen LogP contribution in [-0.2, 0) is 9.59 Å². The van der Waals surface area contributed by atoms with Crippen LogP contribution in [0.25, 0.3) is 0 Å². The molecule has 2 saturated carbocycles. The van der Waals surface area contributed by atoms with Crippen molar-refractivity contribution in [1.82, 2.24) is 14.7 Å². The number of amides is 3. The van der Waals surface area contributed by atoms with Gasteiger partial charge in [-0.3, -0.25) is 19.3 Å². The highest BCUT2D eigenvalue weighted by Crippen LogP contribution is 2.32. The predicted octanol–water partition coefficient (Wildman–Crippen LogP) is 2.65.